The largest absolute Gasteiger partial charge is 0.447 e. The second kappa shape index (κ2) is 12.3. The number of carbonyl (C=O) groups excluding carboxylic acids is 2. The van der Waals surface area contributed by atoms with Gasteiger partial charge < -0.3 is 15.4 Å². The van der Waals surface area contributed by atoms with E-state index in [9.17, 15) is 14.0 Å². The molecule has 3 aromatic rings. The molecule has 1 aromatic heterocycles. The molecule has 0 saturated carbocycles. The first kappa shape index (κ1) is 25.4. The molecule has 0 fully saturated rings. The Kier molecular flexibility index (Phi) is 9.18. The highest BCUT2D eigenvalue weighted by Gasteiger charge is 2.22. The van der Waals surface area contributed by atoms with Gasteiger partial charge in [-0.05, 0) is 48.9 Å². The molecule has 1 atom stereocenters. The van der Waals surface area contributed by atoms with E-state index in [1.807, 2.05) is 24.3 Å². The Labute approximate surface area is 203 Å². The number of aryl methyl sites for hydroxylation is 1. The van der Waals surface area contributed by atoms with Crippen LogP contribution in [0.15, 0.2) is 54.7 Å². The van der Waals surface area contributed by atoms with Crippen LogP contribution in [0.4, 0.5) is 15.0 Å². The van der Waals surface area contributed by atoms with Crippen LogP contribution in [0.3, 0.4) is 0 Å². The van der Waals surface area contributed by atoms with Gasteiger partial charge in [0.1, 0.15) is 18.2 Å². The van der Waals surface area contributed by atoms with E-state index in [4.69, 9.17) is 22.1 Å². The molecule has 0 spiro atoms. The zero-order valence-electron chi connectivity index (χ0n) is 19.0. The first-order valence-corrected chi connectivity index (χ1v) is 11.4. The highest BCUT2D eigenvalue weighted by molar-refractivity contribution is 6.31. The standard InChI is InChI=1S/C25H28ClFN4O3/c1-31(23(32)12-11-17-8-4-10-21(27)24(17)26)20(9-5-13-28)16-34-25(33)30-22-14-18-6-2-3-7-19(18)15-29-22/h2-4,6-8,10,14-15,20H,5,9,11-13,16,28H2,1H3,(H,29,30,33)/t20-/m0/s1. The number of anilines is 1. The number of aromatic nitrogens is 1. The maximum Gasteiger partial charge on any atom is 0.412 e. The summed E-state index contributed by atoms with van der Waals surface area (Å²) in [7, 11) is 1.66. The Bertz CT molecular complexity index is 1140. The summed E-state index contributed by atoms with van der Waals surface area (Å²) in [6.45, 7) is 0.451. The fraction of sp³-hybridized carbons (Fsp3) is 0.320. The van der Waals surface area contributed by atoms with Crippen LogP contribution in [0.1, 0.15) is 24.8 Å². The summed E-state index contributed by atoms with van der Waals surface area (Å²) in [5.74, 6) is -0.303. The van der Waals surface area contributed by atoms with Crippen molar-refractivity contribution in [3.8, 4) is 0 Å². The van der Waals surface area contributed by atoms with Crippen LogP contribution < -0.4 is 11.1 Å². The quantitative estimate of drug-likeness (QED) is 0.430. The summed E-state index contributed by atoms with van der Waals surface area (Å²) in [5, 5.41) is 4.55. The van der Waals surface area contributed by atoms with E-state index in [1.54, 1.807) is 36.3 Å². The molecule has 9 heteroatoms. The van der Waals surface area contributed by atoms with E-state index >= 15 is 0 Å². The molecular weight excluding hydrogens is 459 g/mol. The zero-order chi connectivity index (χ0) is 24.5. The number of nitrogens with two attached hydrogens (primary N) is 1. The van der Waals surface area contributed by atoms with E-state index in [-0.39, 0.29) is 30.0 Å². The monoisotopic (exact) mass is 486 g/mol. The van der Waals surface area contributed by atoms with Crippen LogP contribution in [0.2, 0.25) is 5.02 Å². The molecule has 180 valence electrons. The number of hydrogen-bond acceptors (Lipinski definition) is 5. The van der Waals surface area contributed by atoms with Gasteiger partial charge in [-0.25, -0.2) is 14.2 Å². The maximum atomic E-state index is 13.6. The van der Waals surface area contributed by atoms with Gasteiger partial charge in [0.25, 0.3) is 0 Å². The van der Waals surface area contributed by atoms with Crippen LogP contribution in [0, 0.1) is 5.82 Å². The summed E-state index contributed by atoms with van der Waals surface area (Å²) in [4.78, 5) is 30.9. The first-order chi connectivity index (χ1) is 16.4. The summed E-state index contributed by atoms with van der Waals surface area (Å²) >= 11 is 5.99. The smallest absolute Gasteiger partial charge is 0.412 e. The maximum absolute atomic E-state index is 13.6. The van der Waals surface area contributed by atoms with Gasteiger partial charge in [0.15, 0.2) is 0 Å². The molecule has 0 aliphatic heterocycles. The molecule has 3 rings (SSSR count). The lowest BCUT2D eigenvalue weighted by molar-refractivity contribution is -0.132. The lowest BCUT2D eigenvalue weighted by Crippen LogP contribution is -2.41. The van der Waals surface area contributed by atoms with E-state index < -0.39 is 11.9 Å². The molecule has 0 aliphatic carbocycles. The van der Waals surface area contributed by atoms with E-state index in [0.717, 1.165) is 10.8 Å². The molecule has 0 aliphatic rings. The number of hydrogen-bond donors (Lipinski definition) is 2. The lowest BCUT2D eigenvalue weighted by atomic mass is 10.1. The van der Waals surface area contributed by atoms with Crippen LogP contribution in [-0.2, 0) is 16.0 Å². The minimum Gasteiger partial charge on any atom is -0.447 e. The summed E-state index contributed by atoms with van der Waals surface area (Å²) < 4.78 is 19.0. The second-order valence-electron chi connectivity index (χ2n) is 7.94. The average Bonchev–Trinajstić information content (AvgIpc) is 2.84. The predicted molar refractivity (Wildman–Crippen MR) is 131 cm³/mol. The number of nitrogens with one attached hydrogen (secondary N) is 1. The molecule has 34 heavy (non-hydrogen) atoms. The van der Waals surface area contributed by atoms with Crippen LogP contribution in [-0.4, -0.2) is 48.1 Å². The van der Waals surface area contributed by atoms with Crippen molar-refractivity contribution in [3.63, 3.8) is 0 Å². The van der Waals surface area contributed by atoms with E-state index in [0.29, 0.717) is 37.2 Å². The molecule has 1 heterocycles. The molecular formula is C25H28ClFN4O3. The van der Waals surface area contributed by atoms with Gasteiger partial charge in [-0.15, -0.1) is 0 Å². The highest BCUT2D eigenvalue weighted by atomic mass is 35.5. The Morgan fingerprint density at radius 2 is 1.97 bits per heavy atom. The molecule has 0 unspecified atom stereocenters. The van der Waals surface area contributed by atoms with Crippen molar-refractivity contribution in [2.24, 2.45) is 5.73 Å². The number of nitrogens with zero attached hydrogens (tertiary/aromatic N) is 2. The van der Waals surface area contributed by atoms with Crippen molar-refractivity contribution in [1.29, 1.82) is 0 Å². The summed E-state index contributed by atoms with van der Waals surface area (Å²) in [6, 6.07) is 13.6. The number of likely N-dealkylation sites (N-methyl/N-ethyl adjacent to an activating group) is 1. The predicted octanol–water partition coefficient (Wildman–Crippen LogP) is 4.77. The Morgan fingerprint density at radius 1 is 1.21 bits per heavy atom. The number of fused-ring (bicyclic) bond motifs is 1. The van der Waals surface area contributed by atoms with Crippen LogP contribution in [0.5, 0.6) is 0 Å². The Balaban J connectivity index is 1.56. The van der Waals surface area contributed by atoms with Gasteiger partial charge in [-0.1, -0.05) is 48.0 Å². The van der Waals surface area contributed by atoms with Crippen molar-refractivity contribution >= 4 is 40.2 Å². The van der Waals surface area contributed by atoms with Crippen molar-refractivity contribution in [2.45, 2.75) is 31.7 Å². The topological polar surface area (TPSA) is 97.5 Å². The van der Waals surface area contributed by atoms with Gasteiger partial charge in [-0.2, -0.15) is 0 Å². The zero-order valence-corrected chi connectivity index (χ0v) is 19.7. The number of halogens is 2. The van der Waals surface area contributed by atoms with Gasteiger partial charge in [0.2, 0.25) is 5.91 Å². The average molecular weight is 487 g/mol. The van der Waals surface area contributed by atoms with Gasteiger partial charge in [-0.3, -0.25) is 10.1 Å². The number of rotatable bonds is 10. The lowest BCUT2D eigenvalue weighted by Gasteiger charge is -2.28. The molecule has 0 saturated heterocycles. The number of carbonyl (C=O) groups is 2. The fourth-order valence-corrected chi connectivity index (χ4v) is 3.79. The van der Waals surface area contributed by atoms with E-state index in [1.165, 1.54) is 6.07 Å². The minimum absolute atomic E-state index is 0.00236. The number of benzene rings is 2. The molecule has 2 amide bonds. The Hall–Kier alpha value is -3.23. The Morgan fingerprint density at radius 3 is 2.74 bits per heavy atom. The second-order valence-corrected chi connectivity index (χ2v) is 8.32. The number of amides is 2. The van der Waals surface area contributed by atoms with Crippen LogP contribution in [0.25, 0.3) is 10.8 Å². The van der Waals surface area contributed by atoms with Crippen molar-refractivity contribution in [1.82, 2.24) is 9.88 Å². The summed E-state index contributed by atoms with van der Waals surface area (Å²) in [5.41, 5.74) is 6.21. The molecule has 0 radical (unpaired) electrons. The minimum atomic E-state index is -0.659. The normalized spacial score (nSPS) is 11.8. The third-order valence-electron chi connectivity index (χ3n) is 5.59. The van der Waals surface area contributed by atoms with Crippen molar-refractivity contribution in [3.05, 3.63) is 71.1 Å². The molecule has 2 aromatic carbocycles. The van der Waals surface area contributed by atoms with E-state index in [2.05, 4.69) is 10.3 Å². The van der Waals surface area contributed by atoms with Gasteiger partial charge >= 0.3 is 6.09 Å². The third kappa shape index (κ3) is 6.88. The fourth-order valence-electron chi connectivity index (χ4n) is 3.57. The van der Waals surface area contributed by atoms with Gasteiger partial charge in [0, 0.05) is 25.1 Å². The van der Waals surface area contributed by atoms with Crippen molar-refractivity contribution < 1.29 is 18.7 Å². The SMILES string of the molecule is CN(C(=O)CCc1cccc(F)c1Cl)[C@@H](CCCN)COC(=O)Nc1cc2ccccc2cn1. The molecule has 7 nitrogen and oxygen atoms in total. The highest BCUT2D eigenvalue weighted by Crippen LogP contribution is 2.21. The third-order valence-corrected chi connectivity index (χ3v) is 6.01. The number of ether oxygens (including phenoxy) is 1. The molecule has 0 bridgehead atoms. The summed E-state index contributed by atoms with van der Waals surface area (Å²) in [6.07, 6.45) is 2.69. The van der Waals surface area contributed by atoms with Crippen LogP contribution >= 0.6 is 11.6 Å². The molecule has 3 N–H and O–H groups in total. The first-order valence-electron chi connectivity index (χ1n) is 11.1. The number of pyridine rings is 1. The van der Waals surface area contributed by atoms with Crippen molar-refractivity contribution in [2.75, 3.05) is 25.5 Å². The van der Waals surface area contributed by atoms with Gasteiger partial charge in [0.05, 0.1) is 11.1 Å².